The second-order valence-electron chi connectivity index (χ2n) is 6.32. The van der Waals surface area contributed by atoms with Crippen molar-refractivity contribution in [3.8, 4) is 0 Å². The molecule has 1 amide bonds. The van der Waals surface area contributed by atoms with Crippen LogP contribution in [0.2, 0.25) is 5.02 Å². The molecule has 2 unspecified atom stereocenters. The number of nitrogens with one attached hydrogen (secondary N) is 1. The predicted molar refractivity (Wildman–Crippen MR) is 96.8 cm³/mol. The Morgan fingerprint density at radius 2 is 2.25 bits per heavy atom. The van der Waals surface area contributed by atoms with Crippen LogP contribution < -0.4 is 11.1 Å². The molecule has 2 atom stereocenters. The van der Waals surface area contributed by atoms with Gasteiger partial charge in [-0.1, -0.05) is 18.5 Å². The van der Waals surface area contributed by atoms with Gasteiger partial charge in [-0.05, 0) is 37.9 Å². The lowest BCUT2D eigenvalue weighted by molar-refractivity contribution is -0.384. The minimum absolute atomic E-state index is 0. The van der Waals surface area contributed by atoms with Crippen LogP contribution in [0.1, 0.15) is 20.3 Å². The molecule has 7 nitrogen and oxygen atoms in total. The zero-order valence-corrected chi connectivity index (χ0v) is 15.2. The molecule has 1 aliphatic rings. The van der Waals surface area contributed by atoms with Gasteiger partial charge >= 0.3 is 0 Å². The summed E-state index contributed by atoms with van der Waals surface area (Å²) in [5.74, 6) is -0.242. The molecule has 0 aliphatic carbocycles. The van der Waals surface area contributed by atoms with Crippen LogP contribution in [0, 0.1) is 15.5 Å². The lowest BCUT2D eigenvalue weighted by Crippen LogP contribution is -2.42. The number of nitro groups is 1. The van der Waals surface area contributed by atoms with Crippen molar-refractivity contribution < 1.29 is 9.72 Å². The number of anilines is 1. The molecule has 9 heteroatoms. The number of nitrogens with zero attached hydrogens (tertiary/aromatic N) is 2. The quantitative estimate of drug-likeness (QED) is 0.607. The molecule has 2 rings (SSSR count). The Bertz CT molecular complexity index is 629. The summed E-state index contributed by atoms with van der Waals surface area (Å²) in [6.45, 7) is 6.04. The zero-order valence-electron chi connectivity index (χ0n) is 13.6. The number of hydrogen-bond acceptors (Lipinski definition) is 5. The average Bonchev–Trinajstić information content (AvgIpc) is 2.91. The number of non-ortho nitro benzene ring substituents is 1. The van der Waals surface area contributed by atoms with Gasteiger partial charge in [0, 0.05) is 18.7 Å². The summed E-state index contributed by atoms with van der Waals surface area (Å²) in [6, 6.07) is 3.61. The van der Waals surface area contributed by atoms with Crippen LogP contribution in [0.4, 0.5) is 11.4 Å². The summed E-state index contributed by atoms with van der Waals surface area (Å²) < 4.78 is 0. The van der Waals surface area contributed by atoms with Gasteiger partial charge in [-0.25, -0.2) is 0 Å². The summed E-state index contributed by atoms with van der Waals surface area (Å²) >= 11 is 6.01. The van der Waals surface area contributed by atoms with Gasteiger partial charge in [-0.2, -0.15) is 0 Å². The number of nitrogens with two attached hydrogens (primary N) is 1. The maximum absolute atomic E-state index is 12.4. The van der Waals surface area contributed by atoms with Crippen molar-refractivity contribution in [2.45, 2.75) is 26.3 Å². The normalized spacial score (nSPS) is 21.8. The predicted octanol–water partition coefficient (Wildman–Crippen LogP) is 2.67. The van der Waals surface area contributed by atoms with E-state index in [0.717, 1.165) is 19.5 Å². The molecule has 0 bridgehead atoms. The Labute approximate surface area is 152 Å². The lowest BCUT2D eigenvalue weighted by atomic mass is 9.90. The second-order valence-corrected chi connectivity index (χ2v) is 6.73. The number of benzene rings is 1. The van der Waals surface area contributed by atoms with Gasteiger partial charge in [-0.3, -0.25) is 19.8 Å². The molecule has 0 spiro atoms. The Morgan fingerprint density at radius 1 is 1.58 bits per heavy atom. The SMILES string of the molecule is CC(C(=O)Nc1cc([N+](=O)[O-])ccc1Cl)N1CCC(C)(CN)C1.Cl. The van der Waals surface area contributed by atoms with E-state index in [-0.39, 0.29) is 46.2 Å². The summed E-state index contributed by atoms with van der Waals surface area (Å²) in [5.41, 5.74) is 5.94. The molecule has 1 aliphatic heterocycles. The molecule has 0 saturated carbocycles. The molecular weight excluding hydrogens is 355 g/mol. The van der Waals surface area contributed by atoms with E-state index in [1.165, 1.54) is 18.2 Å². The van der Waals surface area contributed by atoms with Crippen LogP contribution >= 0.6 is 24.0 Å². The van der Waals surface area contributed by atoms with Crippen LogP contribution in [-0.4, -0.2) is 41.4 Å². The summed E-state index contributed by atoms with van der Waals surface area (Å²) in [6.07, 6.45) is 0.943. The minimum atomic E-state index is -0.525. The number of halogens is 2. The van der Waals surface area contributed by atoms with E-state index in [4.69, 9.17) is 17.3 Å². The number of hydrogen-bond donors (Lipinski definition) is 2. The summed E-state index contributed by atoms with van der Waals surface area (Å²) in [7, 11) is 0. The largest absolute Gasteiger partial charge is 0.330 e. The molecule has 3 N–H and O–H groups in total. The number of rotatable bonds is 5. The maximum Gasteiger partial charge on any atom is 0.271 e. The van der Waals surface area contributed by atoms with E-state index in [9.17, 15) is 14.9 Å². The first-order chi connectivity index (χ1) is 10.8. The first-order valence-electron chi connectivity index (χ1n) is 7.45. The van der Waals surface area contributed by atoms with Crippen LogP contribution in [-0.2, 0) is 4.79 Å². The highest BCUT2D eigenvalue weighted by atomic mass is 35.5. The van der Waals surface area contributed by atoms with Crippen LogP contribution in [0.3, 0.4) is 0 Å². The zero-order chi connectivity index (χ0) is 17.2. The third kappa shape index (κ3) is 4.57. The monoisotopic (exact) mass is 376 g/mol. The topological polar surface area (TPSA) is 101 Å². The van der Waals surface area contributed by atoms with Crippen molar-refractivity contribution in [3.05, 3.63) is 33.3 Å². The number of carbonyl (C=O) groups is 1. The Balaban J connectivity index is 0.00000288. The number of carbonyl (C=O) groups excluding carboxylic acids is 1. The van der Waals surface area contributed by atoms with Gasteiger partial charge in [0.2, 0.25) is 5.91 Å². The Kier molecular flexibility index (Phi) is 6.97. The first-order valence-corrected chi connectivity index (χ1v) is 7.82. The average molecular weight is 377 g/mol. The van der Waals surface area contributed by atoms with Gasteiger partial charge in [0.05, 0.1) is 21.7 Å². The highest BCUT2D eigenvalue weighted by Crippen LogP contribution is 2.31. The van der Waals surface area contributed by atoms with Crippen molar-refractivity contribution in [3.63, 3.8) is 0 Å². The molecule has 1 saturated heterocycles. The fourth-order valence-corrected chi connectivity index (χ4v) is 2.85. The van der Waals surface area contributed by atoms with Crippen LogP contribution in [0.5, 0.6) is 0 Å². The van der Waals surface area contributed by atoms with E-state index in [0.29, 0.717) is 6.54 Å². The number of nitro benzene ring substituents is 1. The summed E-state index contributed by atoms with van der Waals surface area (Å²) in [4.78, 5) is 24.8. The molecule has 134 valence electrons. The molecule has 24 heavy (non-hydrogen) atoms. The van der Waals surface area contributed by atoms with E-state index >= 15 is 0 Å². The van der Waals surface area contributed by atoms with E-state index < -0.39 is 4.92 Å². The van der Waals surface area contributed by atoms with Gasteiger partial charge in [-0.15, -0.1) is 12.4 Å². The summed E-state index contributed by atoms with van der Waals surface area (Å²) in [5, 5.41) is 13.8. The fraction of sp³-hybridized carbons (Fsp3) is 0.533. The van der Waals surface area contributed by atoms with Gasteiger partial charge in [0.25, 0.3) is 5.69 Å². The third-order valence-corrected chi connectivity index (χ3v) is 4.76. The van der Waals surface area contributed by atoms with Gasteiger partial charge in [0.1, 0.15) is 0 Å². The van der Waals surface area contributed by atoms with E-state index in [1.54, 1.807) is 0 Å². The highest BCUT2D eigenvalue weighted by Gasteiger charge is 2.36. The molecule has 1 aromatic carbocycles. The lowest BCUT2D eigenvalue weighted by Gasteiger charge is -2.26. The van der Waals surface area contributed by atoms with Crippen molar-refractivity contribution >= 4 is 41.3 Å². The number of amides is 1. The van der Waals surface area contributed by atoms with Crippen molar-refractivity contribution in [2.24, 2.45) is 11.1 Å². The Morgan fingerprint density at radius 3 is 2.79 bits per heavy atom. The molecule has 0 radical (unpaired) electrons. The fourth-order valence-electron chi connectivity index (χ4n) is 2.68. The van der Waals surface area contributed by atoms with Gasteiger partial charge in [0.15, 0.2) is 0 Å². The van der Waals surface area contributed by atoms with E-state index in [2.05, 4.69) is 17.1 Å². The smallest absolute Gasteiger partial charge is 0.271 e. The Hall–Kier alpha value is -1.41. The third-order valence-electron chi connectivity index (χ3n) is 4.43. The standard InChI is InChI=1S/C15H21ClN4O3.ClH/c1-10(19-6-5-15(2,8-17)9-19)14(21)18-13-7-11(20(22)23)3-4-12(13)16;/h3-4,7,10H,5-6,8-9,17H2,1-2H3,(H,18,21);1H. The van der Waals surface area contributed by atoms with Crippen molar-refractivity contribution in [1.29, 1.82) is 0 Å². The maximum atomic E-state index is 12.4. The number of likely N-dealkylation sites (tertiary alicyclic amines) is 1. The molecule has 1 heterocycles. The first kappa shape index (κ1) is 20.6. The van der Waals surface area contributed by atoms with Crippen molar-refractivity contribution in [1.82, 2.24) is 4.90 Å². The minimum Gasteiger partial charge on any atom is -0.330 e. The van der Waals surface area contributed by atoms with Crippen molar-refractivity contribution in [2.75, 3.05) is 25.0 Å². The second kappa shape index (κ2) is 8.11. The molecular formula is C15H22Cl2N4O3. The van der Waals surface area contributed by atoms with Crippen LogP contribution in [0.15, 0.2) is 18.2 Å². The molecule has 1 aromatic rings. The highest BCUT2D eigenvalue weighted by molar-refractivity contribution is 6.33. The van der Waals surface area contributed by atoms with Gasteiger partial charge < -0.3 is 11.1 Å². The molecule has 0 aromatic heterocycles. The van der Waals surface area contributed by atoms with Crippen LogP contribution in [0.25, 0.3) is 0 Å². The molecule has 1 fully saturated rings. The van der Waals surface area contributed by atoms with E-state index in [1.807, 2.05) is 6.92 Å².